The van der Waals surface area contributed by atoms with Gasteiger partial charge in [0, 0.05) is 13.1 Å². The second-order valence-corrected chi connectivity index (χ2v) is 13.7. The second kappa shape index (κ2) is 25.8. The van der Waals surface area contributed by atoms with Crippen molar-refractivity contribution in [2.24, 2.45) is 4.99 Å². The van der Waals surface area contributed by atoms with E-state index in [1.165, 1.54) is 173 Å². The molecule has 226 valence electrons. The number of rotatable bonds is 29. The van der Waals surface area contributed by atoms with Gasteiger partial charge in [-0.3, -0.25) is 5.01 Å². The fourth-order valence-corrected chi connectivity index (χ4v) is 7.61. The number of unbranched alkanes of at least 4 members (excludes halogenated alkanes) is 20. The van der Waals surface area contributed by atoms with Crippen LogP contribution in [0.15, 0.2) is 4.99 Å². The quantitative estimate of drug-likeness (QED) is 0.0680. The average molecular weight is 552 g/mol. The van der Waals surface area contributed by atoms with Crippen molar-refractivity contribution in [2.75, 3.05) is 19.3 Å². The molecule has 0 bridgehead atoms. The summed E-state index contributed by atoms with van der Waals surface area (Å²) in [7, 11) is 0.950. The first-order chi connectivity index (χ1) is 18.7. The summed E-state index contributed by atoms with van der Waals surface area (Å²) in [5.74, 6) is 0. The third kappa shape index (κ3) is 16.8. The van der Waals surface area contributed by atoms with Gasteiger partial charge in [-0.15, -0.1) is 0 Å². The minimum Gasteiger partial charge on any atom is -0.293 e. The molecule has 0 fully saturated rings. The van der Waals surface area contributed by atoms with E-state index in [2.05, 4.69) is 44.1 Å². The van der Waals surface area contributed by atoms with Crippen LogP contribution in [0.3, 0.4) is 0 Å². The van der Waals surface area contributed by atoms with Crippen molar-refractivity contribution in [1.82, 2.24) is 10.0 Å². The zero-order valence-corrected chi connectivity index (χ0v) is 27.7. The lowest BCUT2D eigenvalue weighted by molar-refractivity contribution is 0.00335. The molecule has 0 saturated carbocycles. The van der Waals surface area contributed by atoms with Gasteiger partial charge < -0.3 is 0 Å². The van der Waals surface area contributed by atoms with Crippen LogP contribution in [0.4, 0.5) is 0 Å². The highest BCUT2D eigenvalue weighted by Crippen LogP contribution is 2.45. The summed E-state index contributed by atoms with van der Waals surface area (Å²) in [5.41, 5.74) is 0. The molecule has 1 heterocycles. The van der Waals surface area contributed by atoms with Gasteiger partial charge in [0.2, 0.25) is 0 Å². The molecule has 0 spiro atoms. The topological polar surface area (TPSA) is 18.8 Å². The maximum atomic E-state index is 5.36. The zero-order chi connectivity index (χ0) is 27.6. The van der Waals surface area contributed by atoms with E-state index in [9.17, 15) is 0 Å². The van der Waals surface area contributed by atoms with Crippen LogP contribution >= 0.6 is 8.58 Å². The molecule has 0 aliphatic carbocycles. The molecule has 38 heavy (non-hydrogen) atoms. The van der Waals surface area contributed by atoms with E-state index >= 15 is 0 Å². The van der Waals surface area contributed by atoms with Crippen molar-refractivity contribution in [3.63, 3.8) is 0 Å². The SMILES string of the molecule is CCCCCCCCCCCCCCPC1(CCCCCC)N=CN(CCCCCC)N1CCCCCC. The number of aliphatic imine (C=N–C) groups is 1. The molecule has 1 aliphatic rings. The number of nitrogens with zero attached hydrogens (tertiary/aromatic N) is 3. The molecule has 1 aliphatic heterocycles. The minimum atomic E-state index is 0.0719. The van der Waals surface area contributed by atoms with Crippen LogP contribution in [0.5, 0.6) is 0 Å². The maximum absolute atomic E-state index is 5.36. The van der Waals surface area contributed by atoms with E-state index in [0.717, 1.165) is 15.1 Å². The van der Waals surface area contributed by atoms with Gasteiger partial charge >= 0.3 is 0 Å². The predicted octanol–water partition coefficient (Wildman–Crippen LogP) is 11.7. The molecule has 0 aromatic carbocycles. The molecule has 2 atom stereocenters. The Hall–Kier alpha value is -0.140. The summed E-state index contributed by atoms with van der Waals surface area (Å²) < 4.78 is 0. The van der Waals surface area contributed by atoms with Gasteiger partial charge in [-0.05, 0) is 38.3 Å². The molecular formula is C34H70N3P. The summed E-state index contributed by atoms with van der Waals surface area (Å²) in [6, 6.07) is 0. The van der Waals surface area contributed by atoms with E-state index in [1.54, 1.807) is 0 Å². The van der Waals surface area contributed by atoms with Crippen molar-refractivity contribution in [3.05, 3.63) is 0 Å². The van der Waals surface area contributed by atoms with E-state index < -0.39 is 0 Å². The molecule has 0 saturated heterocycles. The highest BCUT2D eigenvalue weighted by molar-refractivity contribution is 7.39. The van der Waals surface area contributed by atoms with E-state index in [-0.39, 0.29) is 5.40 Å². The molecule has 0 radical (unpaired) electrons. The summed E-state index contributed by atoms with van der Waals surface area (Å²) in [6.07, 6.45) is 38.3. The van der Waals surface area contributed by atoms with Crippen LogP contribution in [-0.4, -0.2) is 41.0 Å². The molecule has 1 rings (SSSR count). The molecule has 0 N–H and O–H groups in total. The Morgan fingerprint density at radius 1 is 0.500 bits per heavy atom. The number of hydrogen-bond acceptors (Lipinski definition) is 3. The molecule has 0 aromatic rings. The molecule has 4 heteroatoms. The van der Waals surface area contributed by atoms with Crippen molar-refractivity contribution in [1.29, 1.82) is 0 Å². The van der Waals surface area contributed by atoms with E-state index in [0.29, 0.717) is 0 Å². The standard InChI is InChI=1S/C34H70N3P/c1-5-9-13-17-18-19-20-21-22-23-24-28-32-38-34(29-25-14-10-6-2)35-33-36(30-26-15-11-7-3)37(34)31-27-16-12-8-4/h33,38H,5-32H2,1-4H3. The highest BCUT2D eigenvalue weighted by atomic mass is 31.1. The Morgan fingerprint density at radius 3 is 1.45 bits per heavy atom. The first-order valence-electron chi connectivity index (χ1n) is 17.6. The van der Waals surface area contributed by atoms with E-state index in [4.69, 9.17) is 4.99 Å². The van der Waals surface area contributed by atoms with Gasteiger partial charge in [0.1, 0.15) is 11.7 Å². The van der Waals surface area contributed by atoms with Gasteiger partial charge in [-0.1, -0.05) is 165 Å². The fraction of sp³-hybridized carbons (Fsp3) is 0.971. The summed E-state index contributed by atoms with van der Waals surface area (Å²) in [5, 5.41) is 5.39. The molecule has 0 aromatic heterocycles. The Balaban J connectivity index is 2.50. The van der Waals surface area contributed by atoms with Crippen molar-refractivity contribution < 1.29 is 0 Å². The van der Waals surface area contributed by atoms with Gasteiger partial charge in [0.25, 0.3) is 0 Å². The van der Waals surface area contributed by atoms with Crippen molar-refractivity contribution in [2.45, 2.75) is 194 Å². The van der Waals surface area contributed by atoms with Crippen LogP contribution in [0.1, 0.15) is 188 Å². The summed E-state index contributed by atoms with van der Waals surface area (Å²) in [6.45, 7) is 11.6. The third-order valence-corrected chi connectivity index (χ3v) is 10.2. The monoisotopic (exact) mass is 552 g/mol. The number of hydrazine groups is 1. The van der Waals surface area contributed by atoms with Gasteiger partial charge in [-0.2, -0.15) is 5.01 Å². The Morgan fingerprint density at radius 2 is 0.921 bits per heavy atom. The summed E-state index contributed by atoms with van der Waals surface area (Å²) in [4.78, 5) is 5.36. The smallest absolute Gasteiger partial charge is 0.147 e. The van der Waals surface area contributed by atoms with Gasteiger partial charge in [0.05, 0.1) is 0 Å². The van der Waals surface area contributed by atoms with Gasteiger partial charge in [-0.25, -0.2) is 4.99 Å². The van der Waals surface area contributed by atoms with Crippen molar-refractivity contribution >= 4 is 14.9 Å². The van der Waals surface area contributed by atoms with Crippen LogP contribution in [0.25, 0.3) is 0 Å². The number of hydrogen-bond donors (Lipinski definition) is 0. The molecule has 0 amide bonds. The van der Waals surface area contributed by atoms with Crippen molar-refractivity contribution in [3.8, 4) is 0 Å². The fourth-order valence-electron chi connectivity index (χ4n) is 5.86. The summed E-state index contributed by atoms with van der Waals surface area (Å²) >= 11 is 0. The predicted molar refractivity (Wildman–Crippen MR) is 176 cm³/mol. The van der Waals surface area contributed by atoms with Crippen LogP contribution in [0.2, 0.25) is 0 Å². The van der Waals surface area contributed by atoms with Gasteiger partial charge in [0.15, 0.2) is 0 Å². The normalized spacial score (nSPS) is 18.1. The molecular weight excluding hydrogens is 481 g/mol. The molecule has 2 unspecified atom stereocenters. The maximum Gasteiger partial charge on any atom is 0.147 e. The Kier molecular flexibility index (Phi) is 24.4. The second-order valence-electron chi connectivity index (χ2n) is 12.1. The lowest BCUT2D eigenvalue weighted by atomic mass is 10.1. The van der Waals surface area contributed by atoms with Crippen LogP contribution in [0, 0.1) is 0 Å². The van der Waals surface area contributed by atoms with Crippen LogP contribution in [-0.2, 0) is 0 Å². The van der Waals surface area contributed by atoms with Crippen LogP contribution < -0.4 is 0 Å². The Bertz CT molecular complexity index is 526. The Labute approximate surface area is 242 Å². The average Bonchev–Trinajstić information content (AvgIpc) is 3.26. The first kappa shape index (κ1) is 35.9. The first-order valence-corrected chi connectivity index (χ1v) is 18.8. The largest absolute Gasteiger partial charge is 0.293 e. The zero-order valence-electron chi connectivity index (χ0n) is 26.7. The lowest BCUT2D eigenvalue weighted by Gasteiger charge is -2.41. The minimum absolute atomic E-state index is 0.0719. The highest BCUT2D eigenvalue weighted by Gasteiger charge is 2.41. The lowest BCUT2D eigenvalue weighted by Crippen LogP contribution is -2.49. The van der Waals surface area contributed by atoms with E-state index in [1.807, 2.05) is 0 Å². The molecule has 3 nitrogen and oxygen atoms in total. The third-order valence-electron chi connectivity index (χ3n) is 8.42.